The SMILES string of the molecule is CN1CCCN(c2cc(F)c3cc(-c4cn5ccsc5n4)c(=O)oc3c2)CC1. The van der Waals surface area contributed by atoms with E-state index in [0.717, 1.165) is 43.2 Å². The lowest BCUT2D eigenvalue weighted by molar-refractivity contribution is 0.360. The number of imidazole rings is 1. The molecule has 0 atom stereocenters. The van der Waals surface area contributed by atoms with Crippen LogP contribution in [0.1, 0.15) is 6.42 Å². The first-order chi connectivity index (χ1) is 13.6. The van der Waals surface area contributed by atoms with Crippen LogP contribution in [-0.4, -0.2) is 47.5 Å². The molecule has 0 spiro atoms. The summed E-state index contributed by atoms with van der Waals surface area (Å²) in [5.74, 6) is -0.392. The van der Waals surface area contributed by atoms with Crippen LogP contribution < -0.4 is 10.5 Å². The molecule has 0 radical (unpaired) electrons. The van der Waals surface area contributed by atoms with E-state index in [0.29, 0.717) is 11.1 Å². The van der Waals surface area contributed by atoms with Crippen LogP contribution in [0, 0.1) is 5.82 Å². The van der Waals surface area contributed by atoms with E-state index < -0.39 is 11.4 Å². The van der Waals surface area contributed by atoms with Crippen LogP contribution in [-0.2, 0) is 0 Å². The van der Waals surface area contributed by atoms with Crippen molar-refractivity contribution in [3.05, 3.63) is 52.2 Å². The molecule has 0 N–H and O–H groups in total. The molecule has 1 aliphatic rings. The Balaban J connectivity index is 1.58. The van der Waals surface area contributed by atoms with Gasteiger partial charge in [0, 0.05) is 49.2 Å². The van der Waals surface area contributed by atoms with E-state index >= 15 is 0 Å². The lowest BCUT2D eigenvalue weighted by Crippen LogP contribution is -2.28. The highest BCUT2D eigenvalue weighted by molar-refractivity contribution is 7.15. The highest BCUT2D eigenvalue weighted by atomic mass is 32.1. The second-order valence-corrected chi connectivity index (χ2v) is 8.02. The molecule has 144 valence electrons. The summed E-state index contributed by atoms with van der Waals surface area (Å²) in [6, 6.07) is 4.84. The predicted molar refractivity (Wildman–Crippen MR) is 109 cm³/mol. The molecule has 28 heavy (non-hydrogen) atoms. The summed E-state index contributed by atoms with van der Waals surface area (Å²) in [6.07, 6.45) is 4.63. The predicted octanol–water partition coefficient (Wildman–Crippen LogP) is 3.45. The van der Waals surface area contributed by atoms with E-state index in [1.807, 2.05) is 16.0 Å². The van der Waals surface area contributed by atoms with Crippen molar-refractivity contribution in [2.45, 2.75) is 6.42 Å². The standard InChI is InChI=1S/C20H19FN4O2S/c1-23-3-2-4-24(6-5-23)13-9-16(21)14-11-15(19(26)27-18(14)10-13)17-12-25-7-8-28-20(25)22-17/h7-12H,2-6H2,1H3. The topological polar surface area (TPSA) is 54.0 Å². The van der Waals surface area contributed by atoms with Crippen molar-refractivity contribution in [3.8, 4) is 11.3 Å². The fraction of sp³-hybridized carbons (Fsp3) is 0.300. The number of thiazole rings is 1. The van der Waals surface area contributed by atoms with E-state index in [1.54, 1.807) is 18.3 Å². The lowest BCUT2D eigenvalue weighted by atomic mass is 10.1. The van der Waals surface area contributed by atoms with Gasteiger partial charge in [0.1, 0.15) is 11.4 Å². The highest BCUT2D eigenvalue weighted by Gasteiger charge is 2.18. The smallest absolute Gasteiger partial charge is 0.345 e. The second-order valence-electron chi connectivity index (χ2n) is 7.15. The minimum atomic E-state index is -0.509. The van der Waals surface area contributed by atoms with Crippen molar-refractivity contribution in [2.24, 2.45) is 0 Å². The van der Waals surface area contributed by atoms with Crippen LogP contribution in [0.4, 0.5) is 10.1 Å². The molecule has 1 fully saturated rings. The maximum absolute atomic E-state index is 14.9. The van der Waals surface area contributed by atoms with E-state index in [4.69, 9.17) is 4.42 Å². The number of benzene rings is 1. The first kappa shape index (κ1) is 17.4. The van der Waals surface area contributed by atoms with Crippen molar-refractivity contribution in [2.75, 3.05) is 38.1 Å². The van der Waals surface area contributed by atoms with Crippen molar-refractivity contribution >= 4 is 33.0 Å². The Kier molecular flexibility index (Phi) is 4.17. The Morgan fingerprint density at radius 1 is 1.18 bits per heavy atom. The Hall–Kier alpha value is -2.71. The number of anilines is 1. The summed E-state index contributed by atoms with van der Waals surface area (Å²) in [4.78, 5) is 22.2. The van der Waals surface area contributed by atoms with Gasteiger partial charge in [-0.1, -0.05) is 0 Å². The molecule has 3 aromatic heterocycles. The maximum atomic E-state index is 14.9. The average Bonchev–Trinajstić information content (AvgIpc) is 3.19. The van der Waals surface area contributed by atoms with Gasteiger partial charge < -0.3 is 14.2 Å². The zero-order chi connectivity index (χ0) is 19.3. The van der Waals surface area contributed by atoms with Gasteiger partial charge in [-0.25, -0.2) is 14.2 Å². The minimum Gasteiger partial charge on any atom is -0.422 e. The minimum absolute atomic E-state index is 0.266. The lowest BCUT2D eigenvalue weighted by Gasteiger charge is -2.23. The summed E-state index contributed by atoms with van der Waals surface area (Å²) in [5.41, 5.74) is 1.26. The molecular weight excluding hydrogens is 379 g/mol. The Bertz CT molecular complexity index is 1200. The molecule has 0 unspecified atom stereocenters. The van der Waals surface area contributed by atoms with E-state index in [2.05, 4.69) is 21.8 Å². The molecule has 0 bridgehead atoms. The van der Waals surface area contributed by atoms with Crippen LogP contribution in [0.3, 0.4) is 0 Å². The second kappa shape index (κ2) is 6.72. The summed E-state index contributed by atoms with van der Waals surface area (Å²) in [6.45, 7) is 3.60. The van der Waals surface area contributed by atoms with Gasteiger partial charge >= 0.3 is 5.63 Å². The fourth-order valence-corrected chi connectivity index (χ4v) is 4.38. The summed E-state index contributed by atoms with van der Waals surface area (Å²) in [5, 5.41) is 2.21. The summed E-state index contributed by atoms with van der Waals surface area (Å²) in [7, 11) is 2.09. The molecule has 4 heterocycles. The number of fused-ring (bicyclic) bond motifs is 2. The van der Waals surface area contributed by atoms with Crippen molar-refractivity contribution in [3.63, 3.8) is 0 Å². The molecule has 0 amide bonds. The molecule has 0 aliphatic carbocycles. The molecule has 8 heteroatoms. The number of rotatable bonds is 2. The van der Waals surface area contributed by atoms with Gasteiger partial charge in [-0.3, -0.25) is 4.40 Å². The molecule has 1 saturated heterocycles. The van der Waals surface area contributed by atoms with Crippen molar-refractivity contribution < 1.29 is 8.81 Å². The first-order valence-corrected chi connectivity index (χ1v) is 10.1. The molecule has 4 aromatic rings. The highest BCUT2D eigenvalue weighted by Crippen LogP contribution is 2.28. The number of aromatic nitrogens is 2. The summed E-state index contributed by atoms with van der Waals surface area (Å²) >= 11 is 1.47. The van der Waals surface area contributed by atoms with Gasteiger partial charge in [-0.15, -0.1) is 11.3 Å². The van der Waals surface area contributed by atoms with Crippen LogP contribution in [0.5, 0.6) is 0 Å². The Labute approximate surface area is 164 Å². The first-order valence-electron chi connectivity index (χ1n) is 9.22. The molecule has 1 aromatic carbocycles. The van der Waals surface area contributed by atoms with Crippen molar-refractivity contribution in [1.82, 2.24) is 14.3 Å². The van der Waals surface area contributed by atoms with Gasteiger partial charge in [-0.2, -0.15) is 0 Å². The van der Waals surface area contributed by atoms with Gasteiger partial charge in [0.05, 0.1) is 16.6 Å². The van der Waals surface area contributed by atoms with Crippen molar-refractivity contribution in [1.29, 1.82) is 0 Å². The number of nitrogens with zero attached hydrogens (tertiary/aromatic N) is 4. The summed E-state index contributed by atoms with van der Waals surface area (Å²) < 4.78 is 22.3. The quantitative estimate of drug-likeness (QED) is 0.484. The van der Waals surface area contributed by atoms with Crippen LogP contribution in [0.2, 0.25) is 0 Å². The van der Waals surface area contributed by atoms with E-state index in [9.17, 15) is 9.18 Å². The Morgan fingerprint density at radius 2 is 2.07 bits per heavy atom. The third-order valence-electron chi connectivity index (χ3n) is 5.24. The fourth-order valence-electron chi connectivity index (χ4n) is 3.68. The number of halogens is 1. The molecule has 1 aliphatic heterocycles. The Morgan fingerprint density at radius 3 is 2.93 bits per heavy atom. The van der Waals surface area contributed by atoms with Gasteiger partial charge in [0.15, 0.2) is 4.96 Å². The number of hydrogen-bond acceptors (Lipinski definition) is 6. The number of likely N-dealkylation sites (N-methyl/N-ethyl adjacent to an activating group) is 1. The molecule has 0 saturated carbocycles. The molecular formula is C20H19FN4O2S. The van der Waals surface area contributed by atoms with Crippen LogP contribution >= 0.6 is 11.3 Å². The monoisotopic (exact) mass is 398 g/mol. The van der Waals surface area contributed by atoms with Gasteiger partial charge in [-0.05, 0) is 32.1 Å². The van der Waals surface area contributed by atoms with Gasteiger partial charge in [0.2, 0.25) is 0 Å². The molecule has 5 rings (SSSR count). The third kappa shape index (κ3) is 2.98. The third-order valence-corrected chi connectivity index (χ3v) is 6.01. The maximum Gasteiger partial charge on any atom is 0.345 e. The molecule has 6 nitrogen and oxygen atoms in total. The van der Waals surface area contributed by atoms with Crippen LogP contribution in [0.25, 0.3) is 27.2 Å². The zero-order valence-electron chi connectivity index (χ0n) is 15.4. The largest absolute Gasteiger partial charge is 0.422 e. The number of hydrogen-bond donors (Lipinski definition) is 0. The zero-order valence-corrected chi connectivity index (χ0v) is 16.2. The van der Waals surface area contributed by atoms with E-state index in [1.165, 1.54) is 17.4 Å². The van der Waals surface area contributed by atoms with Crippen LogP contribution in [0.15, 0.2) is 45.2 Å². The van der Waals surface area contributed by atoms with Gasteiger partial charge in [0.25, 0.3) is 0 Å². The average molecular weight is 398 g/mol. The normalized spacial score (nSPS) is 16.1. The van der Waals surface area contributed by atoms with E-state index in [-0.39, 0.29) is 11.1 Å².